The highest BCUT2D eigenvalue weighted by Gasteiger charge is 2.20. The van der Waals surface area contributed by atoms with Gasteiger partial charge < -0.3 is 4.90 Å². The van der Waals surface area contributed by atoms with Crippen molar-refractivity contribution < 1.29 is 9.72 Å². The molecule has 0 N–H and O–H groups in total. The second-order valence-electron chi connectivity index (χ2n) is 6.72. The van der Waals surface area contributed by atoms with E-state index in [-0.39, 0.29) is 24.1 Å². The lowest BCUT2D eigenvalue weighted by Crippen LogP contribution is -2.31. The number of aryl methyl sites for hydroxylation is 1. The van der Waals surface area contributed by atoms with Crippen LogP contribution in [0.3, 0.4) is 0 Å². The summed E-state index contributed by atoms with van der Waals surface area (Å²) >= 11 is 1.52. The van der Waals surface area contributed by atoms with E-state index in [1.807, 2.05) is 43.5 Å². The summed E-state index contributed by atoms with van der Waals surface area (Å²) in [5.74, 6) is -0.0836. The number of carbonyl (C=O) groups is 1. The van der Waals surface area contributed by atoms with E-state index >= 15 is 0 Å². The molecule has 1 aromatic heterocycles. The van der Waals surface area contributed by atoms with Gasteiger partial charge in [0.1, 0.15) is 5.01 Å². The lowest BCUT2D eigenvalue weighted by molar-refractivity contribution is -0.384. The molecule has 1 unspecified atom stereocenters. The van der Waals surface area contributed by atoms with Crippen LogP contribution in [0.4, 0.5) is 5.69 Å². The summed E-state index contributed by atoms with van der Waals surface area (Å²) in [5, 5.41) is 13.8. The van der Waals surface area contributed by atoms with Crippen LogP contribution in [-0.4, -0.2) is 27.8 Å². The summed E-state index contributed by atoms with van der Waals surface area (Å²) in [6, 6.07) is 14.2. The Kier molecular flexibility index (Phi) is 5.84. The second kappa shape index (κ2) is 8.31. The molecule has 3 aromatic rings. The van der Waals surface area contributed by atoms with Gasteiger partial charge in [0.05, 0.1) is 23.1 Å². The molecular formula is C21H21N3O3S. The summed E-state index contributed by atoms with van der Waals surface area (Å²) in [5.41, 5.74) is 3.69. The van der Waals surface area contributed by atoms with Crippen molar-refractivity contribution >= 4 is 22.9 Å². The van der Waals surface area contributed by atoms with Gasteiger partial charge in [-0.1, -0.05) is 42.0 Å². The average Bonchev–Trinajstić information content (AvgIpc) is 3.15. The van der Waals surface area contributed by atoms with Crippen LogP contribution in [0.25, 0.3) is 10.6 Å². The molecule has 7 heteroatoms. The van der Waals surface area contributed by atoms with Crippen LogP contribution in [-0.2, 0) is 11.2 Å². The number of nitrogens with zero attached hydrogens (tertiary/aromatic N) is 3. The van der Waals surface area contributed by atoms with Gasteiger partial charge in [0, 0.05) is 30.1 Å². The van der Waals surface area contributed by atoms with Crippen molar-refractivity contribution in [2.24, 2.45) is 0 Å². The monoisotopic (exact) mass is 395 g/mol. The van der Waals surface area contributed by atoms with Gasteiger partial charge in [-0.25, -0.2) is 4.98 Å². The van der Waals surface area contributed by atoms with E-state index < -0.39 is 4.92 Å². The van der Waals surface area contributed by atoms with Gasteiger partial charge in [-0.05, 0) is 19.4 Å². The van der Waals surface area contributed by atoms with Crippen LogP contribution < -0.4 is 0 Å². The van der Waals surface area contributed by atoms with Crippen LogP contribution in [0.5, 0.6) is 0 Å². The largest absolute Gasteiger partial charge is 0.339 e. The first-order chi connectivity index (χ1) is 13.3. The van der Waals surface area contributed by atoms with E-state index in [9.17, 15) is 14.9 Å². The predicted octanol–water partition coefficient (Wildman–Crippen LogP) is 4.79. The fourth-order valence-corrected chi connectivity index (χ4v) is 3.66. The van der Waals surface area contributed by atoms with Crippen molar-refractivity contribution in [3.63, 3.8) is 0 Å². The van der Waals surface area contributed by atoms with Crippen LogP contribution >= 0.6 is 11.3 Å². The van der Waals surface area contributed by atoms with Gasteiger partial charge in [-0.15, -0.1) is 11.3 Å². The third-order valence-corrected chi connectivity index (χ3v) is 5.66. The lowest BCUT2D eigenvalue weighted by atomic mass is 10.1. The number of thiazole rings is 1. The van der Waals surface area contributed by atoms with Crippen molar-refractivity contribution in [3.05, 3.63) is 80.8 Å². The molecule has 144 valence electrons. The molecule has 0 spiro atoms. The summed E-state index contributed by atoms with van der Waals surface area (Å²) in [4.78, 5) is 29.4. The number of amides is 1. The van der Waals surface area contributed by atoms with E-state index in [2.05, 4.69) is 4.98 Å². The Hall–Kier alpha value is -3.06. The van der Waals surface area contributed by atoms with Crippen molar-refractivity contribution in [1.82, 2.24) is 9.88 Å². The second-order valence-corrected chi connectivity index (χ2v) is 7.58. The number of hydrogen-bond donors (Lipinski definition) is 0. The molecule has 3 rings (SSSR count). The van der Waals surface area contributed by atoms with E-state index in [0.717, 1.165) is 21.8 Å². The number of nitro benzene ring substituents is 1. The van der Waals surface area contributed by atoms with Crippen LogP contribution in [0.15, 0.2) is 53.9 Å². The number of likely N-dealkylation sites (N-methyl/N-ethyl adjacent to an activating group) is 1. The Morgan fingerprint density at radius 2 is 1.96 bits per heavy atom. The minimum atomic E-state index is -0.431. The van der Waals surface area contributed by atoms with Crippen molar-refractivity contribution in [1.29, 1.82) is 0 Å². The average molecular weight is 395 g/mol. The fraction of sp³-hybridized carbons (Fsp3) is 0.238. The molecule has 2 aromatic carbocycles. The number of nitro groups is 1. The zero-order valence-corrected chi connectivity index (χ0v) is 16.8. The summed E-state index contributed by atoms with van der Waals surface area (Å²) in [6.45, 7) is 3.89. The topological polar surface area (TPSA) is 76.3 Å². The number of non-ortho nitro benzene ring substituents is 1. The molecule has 0 aliphatic heterocycles. The highest BCUT2D eigenvalue weighted by molar-refractivity contribution is 7.13. The molecule has 1 heterocycles. The standard InChI is InChI=1S/C21H21N3O3S/c1-14-7-9-16(10-8-14)21-22-18(13-28-21)12-20(25)23(3)15(2)17-5-4-6-19(11-17)24(26)27/h4-11,13,15H,12H2,1-3H3. The minimum Gasteiger partial charge on any atom is -0.339 e. The first-order valence-electron chi connectivity index (χ1n) is 8.86. The van der Waals surface area contributed by atoms with E-state index in [1.54, 1.807) is 24.1 Å². The van der Waals surface area contributed by atoms with E-state index in [4.69, 9.17) is 0 Å². The quantitative estimate of drug-likeness (QED) is 0.444. The maximum atomic E-state index is 12.7. The predicted molar refractivity (Wildman–Crippen MR) is 110 cm³/mol. The molecule has 0 aliphatic carbocycles. The zero-order valence-electron chi connectivity index (χ0n) is 16.0. The molecule has 28 heavy (non-hydrogen) atoms. The fourth-order valence-electron chi connectivity index (χ4n) is 2.83. The first-order valence-corrected chi connectivity index (χ1v) is 9.74. The molecular weight excluding hydrogens is 374 g/mol. The lowest BCUT2D eigenvalue weighted by Gasteiger charge is -2.25. The Balaban J connectivity index is 1.69. The summed E-state index contributed by atoms with van der Waals surface area (Å²) in [7, 11) is 1.71. The summed E-state index contributed by atoms with van der Waals surface area (Å²) in [6.07, 6.45) is 0.193. The molecule has 0 aliphatic rings. The number of benzene rings is 2. The molecule has 0 saturated carbocycles. The van der Waals surface area contributed by atoms with Gasteiger partial charge in [-0.2, -0.15) is 0 Å². The molecule has 0 bridgehead atoms. The zero-order chi connectivity index (χ0) is 20.3. The highest BCUT2D eigenvalue weighted by Crippen LogP contribution is 2.26. The minimum absolute atomic E-state index is 0.0208. The van der Waals surface area contributed by atoms with Crippen LogP contribution in [0.1, 0.15) is 29.8 Å². The maximum absolute atomic E-state index is 12.7. The molecule has 1 atom stereocenters. The first kappa shape index (κ1) is 19.7. The van der Waals surface area contributed by atoms with E-state index in [0.29, 0.717) is 0 Å². The van der Waals surface area contributed by atoms with E-state index in [1.165, 1.54) is 29.0 Å². The normalized spacial score (nSPS) is 11.8. The maximum Gasteiger partial charge on any atom is 0.269 e. The van der Waals surface area contributed by atoms with Crippen molar-refractivity contribution in [2.45, 2.75) is 26.3 Å². The number of hydrogen-bond acceptors (Lipinski definition) is 5. The van der Waals surface area contributed by atoms with Gasteiger partial charge in [0.25, 0.3) is 5.69 Å². The third-order valence-electron chi connectivity index (χ3n) is 4.72. The smallest absolute Gasteiger partial charge is 0.269 e. The highest BCUT2D eigenvalue weighted by atomic mass is 32.1. The number of aromatic nitrogens is 1. The Morgan fingerprint density at radius 3 is 2.64 bits per heavy atom. The van der Waals surface area contributed by atoms with Crippen molar-refractivity contribution in [3.8, 4) is 10.6 Å². The molecule has 0 radical (unpaired) electrons. The number of rotatable bonds is 6. The van der Waals surface area contributed by atoms with Crippen molar-refractivity contribution in [2.75, 3.05) is 7.05 Å². The van der Waals surface area contributed by atoms with Gasteiger partial charge in [0.15, 0.2) is 0 Å². The molecule has 0 saturated heterocycles. The van der Waals surface area contributed by atoms with Gasteiger partial charge in [-0.3, -0.25) is 14.9 Å². The third kappa shape index (κ3) is 4.43. The Labute approximate surface area is 167 Å². The number of carbonyl (C=O) groups excluding carboxylic acids is 1. The molecule has 0 fully saturated rings. The van der Waals surface area contributed by atoms with Gasteiger partial charge in [0.2, 0.25) is 5.91 Å². The summed E-state index contributed by atoms with van der Waals surface area (Å²) < 4.78 is 0. The Bertz CT molecular complexity index is 998. The van der Waals surface area contributed by atoms with Gasteiger partial charge >= 0.3 is 0 Å². The van der Waals surface area contributed by atoms with Crippen LogP contribution in [0, 0.1) is 17.0 Å². The molecule has 1 amide bonds. The SMILES string of the molecule is Cc1ccc(-c2nc(CC(=O)N(C)C(C)c3cccc([N+](=O)[O-])c3)cs2)cc1. The van der Waals surface area contributed by atoms with Crippen LogP contribution in [0.2, 0.25) is 0 Å². The molecule has 6 nitrogen and oxygen atoms in total. The Morgan fingerprint density at radius 1 is 1.25 bits per heavy atom.